The van der Waals surface area contributed by atoms with Crippen molar-refractivity contribution in [2.75, 3.05) is 0 Å². The quantitative estimate of drug-likeness (QED) is 0.296. The van der Waals surface area contributed by atoms with Crippen molar-refractivity contribution in [3.05, 3.63) is 34.7 Å². The van der Waals surface area contributed by atoms with E-state index in [4.69, 9.17) is 13.0 Å². The molecule has 11 heteroatoms. The Morgan fingerprint density at radius 1 is 1.04 bits per heavy atom. The second-order valence-corrected chi connectivity index (χ2v) is 8.21. The van der Waals surface area contributed by atoms with E-state index in [1.807, 2.05) is 13.0 Å². The zero-order valence-electron chi connectivity index (χ0n) is 13.0. The molecule has 2 rings (SSSR count). The lowest BCUT2D eigenvalue weighted by Crippen LogP contribution is -2.21. The van der Waals surface area contributed by atoms with Gasteiger partial charge in [-0.2, -0.15) is 13.2 Å². The Bertz CT molecular complexity index is 835. The Hall–Kier alpha value is -1.33. The summed E-state index contributed by atoms with van der Waals surface area (Å²) >= 11 is 0. The van der Waals surface area contributed by atoms with Crippen LogP contribution in [0.25, 0.3) is 10.1 Å². The van der Waals surface area contributed by atoms with Crippen molar-refractivity contribution in [2.24, 2.45) is 0 Å². The van der Waals surface area contributed by atoms with E-state index >= 15 is 0 Å². The van der Waals surface area contributed by atoms with E-state index in [9.17, 15) is 26.3 Å². The van der Waals surface area contributed by atoms with Crippen LogP contribution < -0.4 is 0 Å². The SMILES string of the molecule is CCc1cccc2c1cc(CC)[s+]2C(F)(F)F.O=S(=O)([O-])C(F)(F)F. The number of benzene rings is 1. The number of hydrogen-bond donors (Lipinski definition) is 0. The molecule has 0 aliphatic heterocycles. The molecule has 25 heavy (non-hydrogen) atoms. The first-order valence-electron chi connectivity index (χ1n) is 6.89. The third-order valence-electron chi connectivity index (χ3n) is 3.19. The predicted molar refractivity (Wildman–Crippen MR) is 82.2 cm³/mol. The molecule has 0 saturated carbocycles. The fourth-order valence-electron chi connectivity index (χ4n) is 2.12. The first kappa shape index (κ1) is 21.7. The fraction of sp³-hybridized carbons (Fsp3) is 0.429. The van der Waals surface area contributed by atoms with Gasteiger partial charge in [0.2, 0.25) is 0 Å². The molecule has 0 aliphatic rings. The molecule has 1 heterocycles. The van der Waals surface area contributed by atoms with Gasteiger partial charge in [-0.1, -0.05) is 26.0 Å². The van der Waals surface area contributed by atoms with Crippen molar-refractivity contribution in [3.63, 3.8) is 0 Å². The highest BCUT2D eigenvalue weighted by atomic mass is 32.2. The highest BCUT2D eigenvalue weighted by Crippen LogP contribution is 2.51. The maximum atomic E-state index is 13.1. The molecule has 0 radical (unpaired) electrons. The molecule has 0 saturated heterocycles. The van der Waals surface area contributed by atoms with Crippen LogP contribution in [0.1, 0.15) is 24.3 Å². The second-order valence-electron chi connectivity index (χ2n) is 4.80. The summed E-state index contributed by atoms with van der Waals surface area (Å²) in [7, 11) is -7.80. The molecule has 3 nitrogen and oxygen atoms in total. The van der Waals surface area contributed by atoms with Gasteiger partial charge in [0.15, 0.2) is 19.7 Å². The van der Waals surface area contributed by atoms with Crippen molar-refractivity contribution in [1.29, 1.82) is 0 Å². The van der Waals surface area contributed by atoms with Gasteiger partial charge >= 0.3 is 11.0 Å². The van der Waals surface area contributed by atoms with Crippen LogP contribution >= 0.6 is 10.5 Å². The zero-order valence-corrected chi connectivity index (χ0v) is 14.7. The Morgan fingerprint density at radius 2 is 1.56 bits per heavy atom. The Labute approximate surface area is 143 Å². The van der Waals surface area contributed by atoms with Gasteiger partial charge < -0.3 is 4.55 Å². The van der Waals surface area contributed by atoms with Crippen molar-refractivity contribution in [1.82, 2.24) is 0 Å². The minimum absolute atomic E-state index is 0.453. The number of hydrogen-bond acceptors (Lipinski definition) is 3. The molecule has 0 aliphatic carbocycles. The van der Waals surface area contributed by atoms with E-state index in [1.54, 1.807) is 25.1 Å². The van der Waals surface area contributed by atoms with Gasteiger partial charge in [-0.05, 0) is 18.1 Å². The molecule has 0 N–H and O–H groups in total. The summed E-state index contributed by atoms with van der Waals surface area (Å²) in [6.45, 7) is 3.76. The van der Waals surface area contributed by atoms with E-state index in [2.05, 4.69) is 0 Å². The van der Waals surface area contributed by atoms with Crippen molar-refractivity contribution in [2.45, 2.75) is 37.7 Å². The van der Waals surface area contributed by atoms with Crippen LogP contribution in [0.2, 0.25) is 0 Å². The van der Waals surface area contributed by atoms with Crippen LogP contribution in [0.15, 0.2) is 24.3 Å². The van der Waals surface area contributed by atoms with Gasteiger partial charge in [-0.15, -0.1) is 13.2 Å². The van der Waals surface area contributed by atoms with Gasteiger partial charge in [0, 0.05) is 17.9 Å². The van der Waals surface area contributed by atoms with Crippen LogP contribution in [-0.2, 0) is 28.5 Å². The molecule has 0 fully saturated rings. The Morgan fingerprint density at radius 3 is 1.92 bits per heavy atom. The van der Waals surface area contributed by atoms with E-state index in [-0.39, 0.29) is 0 Å². The van der Waals surface area contributed by atoms with Crippen molar-refractivity contribution < 1.29 is 39.3 Å². The van der Waals surface area contributed by atoms with Gasteiger partial charge in [-0.25, -0.2) is 8.42 Å². The molecular formula is C14H14F6O3S2. The largest absolute Gasteiger partial charge is 0.741 e. The lowest BCUT2D eigenvalue weighted by atomic mass is 10.1. The lowest BCUT2D eigenvalue weighted by Gasteiger charge is -2.08. The highest BCUT2D eigenvalue weighted by molar-refractivity contribution is 7.86. The van der Waals surface area contributed by atoms with Gasteiger partial charge in [0.05, 0.1) is 10.5 Å². The highest BCUT2D eigenvalue weighted by Gasteiger charge is 2.47. The first-order valence-corrected chi connectivity index (χ1v) is 9.53. The standard InChI is InChI=1S/C13H14F3S.CHF3O3S/c1-3-9-6-5-7-12-11(9)8-10(4-2)17(12)13(14,15)16;2-1(3,4)8(5,6)7/h5-8H,3-4H2,1-2H3;(H,5,6,7)/q+1;/p-1. The molecule has 0 bridgehead atoms. The van der Waals surface area contributed by atoms with E-state index in [1.165, 1.54) is 0 Å². The molecule has 1 aromatic heterocycles. The normalized spacial score (nSPS) is 13.6. The minimum atomic E-state index is -6.09. The number of halogens is 6. The summed E-state index contributed by atoms with van der Waals surface area (Å²) in [6, 6.07) is 7.00. The van der Waals surface area contributed by atoms with Gasteiger partial charge in [0.1, 0.15) is 0 Å². The average Bonchev–Trinajstić information content (AvgIpc) is 2.84. The maximum Gasteiger partial charge on any atom is 0.600 e. The monoisotopic (exact) mass is 408 g/mol. The maximum absolute atomic E-state index is 13.1. The van der Waals surface area contributed by atoms with Crippen LogP contribution in [0, 0.1) is 0 Å². The van der Waals surface area contributed by atoms with Crippen molar-refractivity contribution in [3.8, 4) is 0 Å². The van der Waals surface area contributed by atoms with Crippen LogP contribution in [0.3, 0.4) is 0 Å². The van der Waals surface area contributed by atoms with E-state index in [0.29, 0.717) is 16.0 Å². The number of aryl methyl sites for hydroxylation is 2. The predicted octanol–water partition coefficient (Wildman–Crippen LogP) is 5.24. The summed E-state index contributed by atoms with van der Waals surface area (Å²) in [5.74, 6) is 0. The second kappa shape index (κ2) is 7.50. The number of thiophene rings is 1. The number of alkyl halides is 6. The molecule has 0 spiro atoms. The summed E-state index contributed by atoms with van der Waals surface area (Å²) < 4.78 is 98.6. The van der Waals surface area contributed by atoms with E-state index in [0.717, 1.165) is 17.4 Å². The molecule has 142 valence electrons. The number of rotatable bonds is 2. The summed E-state index contributed by atoms with van der Waals surface area (Å²) in [4.78, 5) is 0.508. The molecular weight excluding hydrogens is 394 g/mol. The van der Waals surface area contributed by atoms with Crippen LogP contribution in [0.5, 0.6) is 0 Å². The van der Waals surface area contributed by atoms with Crippen LogP contribution in [-0.4, -0.2) is 18.5 Å². The minimum Gasteiger partial charge on any atom is -0.741 e. The average molecular weight is 408 g/mol. The Kier molecular flexibility index (Phi) is 6.52. The Balaban J connectivity index is 0.000000333. The van der Waals surface area contributed by atoms with E-state index < -0.39 is 31.6 Å². The number of fused-ring (bicyclic) bond motifs is 1. The van der Waals surface area contributed by atoms with Gasteiger partial charge in [0.25, 0.3) is 0 Å². The molecule has 1 atom stereocenters. The summed E-state index contributed by atoms with van der Waals surface area (Å²) in [6.07, 6.45) is 1.23. The third kappa shape index (κ3) is 5.08. The molecule has 2 aromatic rings. The summed E-state index contributed by atoms with van der Waals surface area (Å²) in [5.41, 5.74) is -8.79. The van der Waals surface area contributed by atoms with Crippen LogP contribution in [0.4, 0.5) is 26.3 Å². The first-order chi connectivity index (χ1) is 11.2. The third-order valence-corrected chi connectivity index (χ3v) is 5.94. The molecule has 1 aromatic carbocycles. The smallest absolute Gasteiger partial charge is 0.600 e. The topological polar surface area (TPSA) is 57.2 Å². The molecule has 1 unspecified atom stereocenters. The zero-order chi connectivity index (χ0) is 19.6. The van der Waals surface area contributed by atoms with Gasteiger partial charge in [-0.3, -0.25) is 0 Å². The van der Waals surface area contributed by atoms with Crippen molar-refractivity contribution >= 4 is 30.7 Å². The lowest BCUT2D eigenvalue weighted by molar-refractivity contribution is -0.0867. The molecule has 0 amide bonds. The summed E-state index contributed by atoms with van der Waals surface area (Å²) in [5, 5.41) is 0.799. The fourth-order valence-corrected chi connectivity index (χ4v) is 4.10.